The van der Waals surface area contributed by atoms with Crippen LogP contribution in [0.15, 0.2) is 0 Å². The van der Waals surface area contributed by atoms with Crippen molar-refractivity contribution in [3.8, 4) is 0 Å². The first-order valence-corrected chi connectivity index (χ1v) is 9.93. The second-order valence-corrected chi connectivity index (χ2v) is 8.17. The highest BCUT2D eigenvalue weighted by molar-refractivity contribution is 7.98. The lowest BCUT2D eigenvalue weighted by atomic mass is 9.65. The number of nitrogens with zero attached hydrogens (tertiary/aromatic N) is 1. The van der Waals surface area contributed by atoms with Gasteiger partial charge in [0, 0.05) is 23.9 Å². The summed E-state index contributed by atoms with van der Waals surface area (Å²) in [6, 6.07) is 0.686. The summed E-state index contributed by atoms with van der Waals surface area (Å²) in [5.41, 5.74) is 7.26. The average Bonchev–Trinajstić information content (AvgIpc) is 2.94. The minimum absolute atomic E-state index is 0.282. The van der Waals surface area contributed by atoms with Gasteiger partial charge in [0.15, 0.2) is 0 Å². The normalized spacial score (nSPS) is 26.2. The maximum atomic E-state index is 6.27. The summed E-state index contributed by atoms with van der Waals surface area (Å²) in [4.78, 5) is 2.66. The Morgan fingerprint density at radius 2 is 1.70 bits per heavy atom. The predicted octanol–water partition coefficient (Wildman–Crippen LogP) is 3.89. The van der Waals surface area contributed by atoms with Crippen molar-refractivity contribution in [1.82, 2.24) is 4.90 Å². The van der Waals surface area contributed by atoms with E-state index in [1.807, 2.05) is 11.8 Å². The molecule has 2 aliphatic rings. The number of likely N-dealkylation sites (N-methyl/N-ethyl adjacent to an activating group) is 1. The highest BCUT2D eigenvalue weighted by atomic mass is 32.2. The van der Waals surface area contributed by atoms with Gasteiger partial charge in [-0.05, 0) is 63.7 Å². The molecule has 0 saturated heterocycles. The van der Waals surface area contributed by atoms with Crippen LogP contribution in [-0.2, 0) is 0 Å². The van der Waals surface area contributed by atoms with Gasteiger partial charge in [-0.15, -0.1) is 0 Å². The van der Waals surface area contributed by atoms with E-state index >= 15 is 0 Å². The fraction of sp³-hybridized carbons (Fsp3) is 1.00. The van der Waals surface area contributed by atoms with E-state index in [0.717, 1.165) is 6.54 Å². The third kappa shape index (κ3) is 3.20. The lowest BCUT2D eigenvalue weighted by molar-refractivity contribution is 0.00905. The molecule has 2 fully saturated rings. The van der Waals surface area contributed by atoms with Crippen LogP contribution in [0.2, 0.25) is 0 Å². The van der Waals surface area contributed by atoms with Gasteiger partial charge in [0.05, 0.1) is 0 Å². The van der Waals surface area contributed by atoms with E-state index in [1.165, 1.54) is 63.5 Å². The summed E-state index contributed by atoms with van der Waals surface area (Å²) in [7, 11) is 2.34. The molecule has 1 unspecified atom stereocenters. The molecule has 0 radical (unpaired) electrons. The van der Waals surface area contributed by atoms with E-state index in [-0.39, 0.29) is 5.54 Å². The van der Waals surface area contributed by atoms with Crippen LogP contribution in [0, 0.1) is 5.41 Å². The summed E-state index contributed by atoms with van der Waals surface area (Å²) in [5.74, 6) is 1.24. The summed E-state index contributed by atoms with van der Waals surface area (Å²) < 4.78 is 0. The Kier molecular flexibility index (Phi) is 5.84. The van der Waals surface area contributed by atoms with Crippen molar-refractivity contribution in [1.29, 1.82) is 0 Å². The molecule has 0 aliphatic heterocycles. The number of hydrogen-bond donors (Lipinski definition) is 1. The van der Waals surface area contributed by atoms with Crippen molar-refractivity contribution in [3.63, 3.8) is 0 Å². The standard InChI is InChI=1S/C17H34N2S/c1-4-15(13-20-3)19(2)17(14-18)11-9-16(10-12-17)7-5-6-8-16/h15H,4-14,18H2,1-3H3. The molecular formula is C17H34N2S. The number of nitrogens with two attached hydrogens (primary N) is 1. The van der Waals surface area contributed by atoms with Gasteiger partial charge < -0.3 is 5.73 Å². The molecule has 1 atom stereocenters. The third-order valence-electron chi connectivity index (χ3n) is 6.41. The van der Waals surface area contributed by atoms with Crippen LogP contribution in [-0.4, -0.2) is 42.1 Å². The zero-order chi connectivity index (χ0) is 14.6. The molecule has 118 valence electrons. The first-order valence-electron chi connectivity index (χ1n) is 8.53. The molecule has 2 N–H and O–H groups in total. The fourth-order valence-corrected chi connectivity index (χ4v) is 5.50. The molecule has 2 aliphatic carbocycles. The Labute approximate surface area is 130 Å². The van der Waals surface area contributed by atoms with E-state index in [1.54, 1.807) is 0 Å². The van der Waals surface area contributed by atoms with Gasteiger partial charge in [0.2, 0.25) is 0 Å². The lowest BCUT2D eigenvalue weighted by Crippen LogP contribution is -2.58. The second kappa shape index (κ2) is 7.02. The molecule has 20 heavy (non-hydrogen) atoms. The predicted molar refractivity (Wildman–Crippen MR) is 91.4 cm³/mol. The monoisotopic (exact) mass is 298 g/mol. The Morgan fingerprint density at radius 3 is 2.15 bits per heavy atom. The quantitative estimate of drug-likeness (QED) is 0.806. The average molecular weight is 299 g/mol. The van der Waals surface area contributed by atoms with Crippen LogP contribution < -0.4 is 5.73 Å². The maximum absolute atomic E-state index is 6.27. The molecule has 0 aromatic rings. The molecule has 1 spiro atoms. The molecule has 0 bridgehead atoms. The Bertz CT molecular complexity index is 289. The summed E-state index contributed by atoms with van der Waals surface area (Å²) >= 11 is 1.97. The van der Waals surface area contributed by atoms with Gasteiger partial charge in [-0.2, -0.15) is 11.8 Å². The van der Waals surface area contributed by atoms with Gasteiger partial charge in [-0.1, -0.05) is 19.8 Å². The van der Waals surface area contributed by atoms with Crippen molar-refractivity contribution in [2.75, 3.05) is 25.6 Å². The molecule has 2 rings (SSSR count). The zero-order valence-corrected chi connectivity index (χ0v) is 14.6. The van der Waals surface area contributed by atoms with Gasteiger partial charge >= 0.3 is 0 Å². The summed E-state index contributed by atoms with van der Waals surface area (Å²) in [6.45, 7) is 3.16. The van der Waals surface area contributed by atoms with Crippen LogP contribution in [0.4, 0.5) is 0 Å². The van der Waals surface area contributed by atoms with Gasteiger partial charge in [-0.25, -0.2) is 0 Å². The molecule has 0 aromatic heterocycles. The Balaban J connectivity index is 2.03. The van der Waals surface area contributed by atoms with Crippen LogP contribution >= 0.6 is 11.8 Å². The van der Waals surface area contributed by atoms with E-state index in [4.69, 9.17) is 5.73 Å². The molecule has 3 heteroatoms. The summed E-state index contributed by atoms with van der Waals surface area (Å²) in [6.07, 6.45) is 14.9. The van der Waals surface area contributed by atoms with Crippen molar-refractivity contribution in [3.05, 3.63) is 0 Å². The van der Waals surface area contributed by atoms with Crippen LogP contribution in [0.1, 0.15) is 64.7 Å². The van der Waals surface area contributed by atoms with E-state index in [9.17, 15) is 0 Å². The molecule has 2 saturated carbocycles. The van der Waals surface area contributed by atoms with Crippen molar-refractivity contribution >= 4 is 11.8 Å². The first kappa shape index (κ1) is 16.6. The van der Waals surface area contributed by atoms with Crippen LogP contribution in [0.5, 0.6) is 0 Å². The fourth-order valence-electron chi connectivity index (χ4n) is 4.65. The Morgan fingerprint density at radius 1 is 1.10 bits per heavy atom. The SMILES string of the molecule is CCC(CSC)N(C)C1(CN)CCC2(CCCC2)CC1. The number of rotatable bonds is 6. The number of hydrogen-bond acceptors (Lipinski definition) is 3. The van der Waals surface area contributed by atoms with Crippen molar-refractivity contribution in [2.45, 2.75) is 76.3 Å². The summed E-state index contributed by atoms with van der Waals surface area (Å²) in [5, 5.41) is 0. The van der Waals surface area contributed by atoms with E-state index in [2.05, 4.69) is 25.1 Å². The van der Waals surface area contributed by atoms with Crippen molar-refractivity contribution in [2.24, 2.45) is 11.1 Å². The van der Waals surface area contributed by atoms with E-state index < -0.39 is 0 Å². The molecule has 0 aromatic carbocycles. The van der Waals surface area contributed by atoms with Crippen LogP contribution in [0.25, 0.3) is 0 Å². The third-order valence-corrected chi connectivity index (χ3v) is 7.13. The highest BCUT2D eigenvalue weighted by Crippen LogP contribution is 2.52. The van der Waals surface area contributed by atoms with Gasteiger partial charge in [0.25, 0.3) is 0 Å². The molecule has 2 nitrogen and oxygen atoms in total. The van der Waals surface area contributed by atoms with Crippen LogP contribution in [0.3, 0.4) is 0 Å². The maximum Gasteiger partial charge on any atom is 0.0332 e. The molecule has 0 amide bonds. The smallest absolute Gasteiger partial charge is 0.0332 e. The van der Waals surface area contributed by atoms with Crippen molar-refractivity contribution < 1.29 is 0 Å². The number of thioether (sulfide) groups is 1. The highest BCUT2D eigenvalue weighted by Gasteiger charge is 2.46. The minimum Gasteiger partial charge on any atom is -0.329 e. The minimum atomic E-state index is 0.282. The molecular weight excluding hydrogens is 264 g/mol. The molecule has 0 heterocycles. The topological polar surface area (TPSA) is 29.3 Å². The Hall–Kier alpha value is 0.270. The van der Waals surface area contributed by atoms with Gasteiger partial charge in [0.1, 0.15) is 0 Å². The largest absolute Gasteiger partial charge is 0.329 e. The second-order valence-electron chi connectivity index (χ2n) is 7.26. The zero-order valence-electron chi connectivity index (χ0n) is 13.8. The first-order chi connectivity index (χ1) is 9.61. The van der Waals surface area contributed by atoms with E-state index in [0.29, 0.717) is 11.5 Å². The van der Waals surface area contributed by atoms with Gasteiger partial charge in [-0.3, -0.25) is 4.90 Å². The lowest BCUT2D eigenvalue weighted by Gasteiger charge is -2.51.